The molecule has 1 aromatic carbocycles. The van der Waals surface area contributed by atoms with E-state index in [4.69, 9.17) is 9.47 Å². The average molecular weight is 306 g/mol. The molecule has 1 aromatic rings. The van der Waals surface area contributed by atoms with E-state index in [1.54, 1.807) is 7.11 Å². The van der Waals surface area contributed by atoms with Gasteiger partial charge in [-0.3, -0.25) is 4.79 Å². The van der Waals surface area contributed by atoms with E-state index in [-0.39, 0.29) is 5.91 Å². The number of rotatable bonds is 7. The van der Waals surface area contributed by atoms with E-state index in [0.29, 0.717) is 19.1 Å². The molecule has 1 aliphatic heterocycles. The first-order chi connectivity index (χ1) is 10.7. The standard InChI is InChI=1S/C17H26N2O3/c1-19-11-9-14(10-12-19)18-17(20)4-3-13-22-16-7-5-15(21-2)6-8-16/h5-8,14H,3-4,9-13H2,1-2H3,(H,18,20). The number of amides is 1. The zero-order chi connectivity index (χ0) is 15.8. The summed E-state index contributed by atoms with van der Waals surface area (Å²) in [6.45, 7) is 2.67. The number of nitrogens with zero attached hydrogens (tertiary/aromatic N) is 1. The van der Waals surface area contributed by atoms with Crippen molar-refractivity contribution in [3.05, 3.63) is 24.3 Å². The summed E-state index contributed by atoms with van der Waals surface area (Å²) in [5, 5.41) is 3.12. The molecule has 0 atom stereocenters. The number of carbonyl (C=O) groups is 1. The Kier molecular flexibility index (Phi) is 6.52. The van der Waals surface area contributed by atoms with Gasteiger partial charge in [-0.25, -0.2) is 0 Å². The van der Waals surface area contributed by atoms with Gasteiger partial charge in [-0.2, -0.15) is 0 Å². The second-order valence-corrected chi connectivity index (χ2v) is 5.77. The van der Waals surface area contributed by atoms with Gasteiger partial charge in [0, 0.05) is 12.5 Å². The zero-order valence-corrected chi connectivity index (χ0v) is 13.5. The molecule has 1 fully saturated rings. The van der Waals surface area contributed by atoms with E-state index >= 15 is 0 Å². The lowest BCUT2D eigenvalue weighted by Gasteiger charge is -2.29. The van der Waals surface area contributed by atoms with Crippen LogP contribution in [0, 0.1) is 0 Å². The minimum Gasteiger partial charge on any atom is -0.497 e. The van der Waals surface area contributed by atoms with Crippen molar-refractivity contribution in [2.24, 2.45) is 0 Å². The van der Waals surface area contributed by atoms with Gasteiger partial charge in [0.1, 0.15) is 11.5 Å². The van der Waals surface area contributed by atoms with Gasteiger partial charge in [-0.05, 0) is 63.7 Å². The summed E-state index contributed by atoms with van der Waals surface area (Å²) in [5.41, 5.74) is 0. The monoisotopic (exact) mass is 306 g/mol. The maximum atomic E-state index is 11.9. The van der Waals surface area contributed by atoms with Gasteiger partial charge in [0.05, 0.1) is 13.7 Å². The van der Waals surface area contributed by atoms with E-state index in [9.17, 15) is 4.79 Å². The predicted octanol–water partition coefficient (Wildman–Crippen LogP) is 2.06. The van der Waals surface area contributed by atoms with Gasteiger partial charge in [-0.1, -0.05) is 0 Å². The molecule has 1 amide bonds. The number of hydrogen-bond donors (Lipinski definition) is 1. The van der Waals surface area contributed by atoms with E-state index in [1.807, 2.05) is 24.3 Å². The SMILES string of the molecule is COc1ccc(OCCCC(=O)NC2CCN(C)CC2)cc1. The molecule has 5 nitrogen and oxygen atoms in total. The summed E-state index contributed by atoms with van der Waals surface area (Å²) >= 11 is 0. The second-order valence-electron chi connectivity index (χ2n) is 5.77. The topological polar surface area (TPSA) is 50.8 Å². The van der Waals surface area contributed by atoms with Crippen LogP contribution in [0.3, 0.4) is 0 Å². The Balaban J connectivity index is 1.58. The average Bonchev–Trinajstić information content (AvgIpc) is 2.54. The minimum atomic E-state index is 0.132. The molecule has 122 valence electrons. The first kappa shape index (κ1) is 16.6. The van der Waals surface area contributed by atoms with Crippen LogP contribution in [-0.2, 0) is 4.79 Å². The summed E-state index contributed by atoms with van der Waals surface area (Å²) < 4.78 is 10.7. The van der Waals surface area contributed by atoms with Crippen molar-refractivity contribution in [2.75, 3.05) is 33.9 Å². The number of benzene rings is 1. The molecule has 5 heteroatoms. The summed E-state index contributed by atoms with van der Waals surface area (Å²) in [5.74, 6) is 1.74. The molecule has 1 heterocycles. The lowest BCUT2D eigenvalue weighted by Crippen LogP contribution is -2.43. The fraction of sp³-hybridized carbons (Fsp3) is 0.588. The summed E-state index contributed by atoms with van der Waals surface area (Å²) in [7, 11) is 3.76. The van der Waals surface area contributed by atoms with Crippen LogP contribution >= 0.6 is 0 Å². The van der Waals surface area contributed by atoms with E-state index in [0.717, 1.165) is 43.9 Å². The Bertz CT molecular complexity index is 453. The van der Waals surface area contributed by atoms with Crippen LogP contribution < -0.4 is 14.8 Å². The highest BCUT2D eigenvalue weighted by atomic mass is 16.5. The van der Waals surface area contributed by atoms with Crippen LogP contribution in [-0.4, -0.2) is 50.7 Å². The number of carbonyl (C=O) groups excluding carboxylic acids is 1. The first-order valence-electron chi connectivity index (χ1n) is 7.92. The molecule has 0 bridgehead atoms. The molecule has 1 N–H and O–H groups in total. The fourth-order valence-electron chi connectivity index (χ4n) is 2.55. The number of piperidine rings is 1. The molecule has 0 radical (unpaired) electrons. The molecular formula is C17H26N2O3. The van der Waals surface area contributed by atoms with Crippen molar-refractivity contribution >= 4 is 5.91 Å². The third kappa shape index (κ3) is 5.56. The highest BCUT2D eigenvalue weighted by Crippen LogP contribution is 2.17. The third-order valence-electron chi connectivity index (χ3n) is 3.96. The van der Waals surface area contributed by atoms with Crippen molar-refractivity contribution < 1.29 is 14.3 Å². The van der Waals surface area contributed by atoms with Gasteiger partial charge in [0.2, 0.25) is 5.91 Å². The Morgan fingerprint density at radius 3 is 2.50 bits per heavy atom. The maximum absolute atomic E-state index is 11.9. The van der Waals surface area contributed by atoms with E-state index in [1.165, 1.54) is 0 Å². The highest BCUT2D eigenvalue weighted by Gasteiger charge is 2.17. The van der Waals surface area contributed by atoms with Gasteiger partial charge < -0.3 is 19.7 Å². The van der Waals surface area contributed by atoms with Crippen LogP contribution in [0.5, 0.6) is 11.5 Å². The Morgan fingerprint density at radius 1 is 1.23 bits per heavy atom. The smallest absolute Gasteiger partial charge is 0.220 e. The molecule has 22 heavy (non-hydrogen) atoms. The van der Waals surface area contributed by atoms with Crippen molar-refractivity contribution in [1.82, 2.24) is 10.2 Å². The summed E-state index contributed by atoms with van der Waals surface area (Å²) in [6, 6.07) is 7.81. The van der Waals surface area contributed by atoms with Crippen molar-refractivity contribution in [3.63, 3.8) is 0 Å². The molecule has 0 unspecified atom stereocenters. The molecule has 0 saturated carbocycles. The predicted molar refractivity (Wildman–Crippen MR) is 86.4 cm³/mol. The van der Waals surface area contributed by atoms with Gasteiger partial charge in [0.25, 0.3) is 0 Å². The maximum Gasteiger partial charge on any atom is 0.220 e. The largest absolute Gasteiger partial charge is 0.497 e. The van der Waals surface area contributed by atoms with E-state index in [2.05, 4.69) is 17.3 Å². The minimum absolute atomic E-state index is 0.132. The van der Waals surface area contributed by atoms with Crippen LogP contribution in [0.25, 0.3) is 0 Å². The van der Waals surface area contributed by atoms with Gasteiger partial charge in [0.15, 0.2) is 0 Å². The molecule has 0 aliphatic carbocycles. The number of nitrogens with one attached hydrogen (secondary N) is 1. The molecule has 2 rings (SSSR count). The van der Waals surface area contributed by atoms with Crippen molar-refractivity contribution in [1.29, 1.82) is 0 Å². The van der Waals surface area contributed by atoms with Crippen LogP contribution in [0.2, 0.25) is 0 Å². The van der Waals surface area contributed by atoms with Crippen LogP contribution in [0.15, 0.2) is 24.3 Å². The molecule has 0 spiro atoms. The molecule has 1 saturated heterocycles. The number of ether oxygens (including phenoxy) is 2. The van der Waals surface area contributed by atoms with Gasteiger partial charge in [-0.15, -0.1) is 0 Å². The zero-order valence-electron chi connectivity index (χ0n) is 13.5. The second kappa shape index (κ2) is 8.63. The first-order valence-corrected chi connectivity index (χ1v) is 7.92. The normalized spacial score (nSPS) is 16.3. The molecular weight excluding hydrogens is 280 g/mol. The third-order valence-corrected chi connectivity index (χ3v) is 3.96. The van der Waals surface area contributed by atoms with E-state index < -0.39 is 0 Å². The fourth-order valence-corrected chi connectivity index (χ4v) is 2.55. The van der Waals surface area contributed by atoms with Crippen molar-refractivity contribution in [2.45, 2.75) is 31.7 Å². The molecule has 1 aliphatic rings. The number of likely N-dealkylation sites (tertiary alicyclic amines) is 1. The van der Waals surface area contributed by atoms with Crippen LogP contribution in [0.4, 0.5) is 0 Å². The summed E-state index contributed by atoms with van der Waals surface area (Å²) in [6.07, 6.45) is 3.34. The van der Waals surface area contributed by atoms with Crippen LogP contribution in [0.1, 0.15) is 25.7 Å². The highest BCUT2D eigenvalue weighted by molar-refractivity contribution is 5.76. The Morgan fingerprint density at radius 2 is 1.86 bits per heavy atom. The Labute approximate surface area is 132 Å². The number of methoxy groups -OCH3 is 1. The summed E-state index contributed by atoms with van der Waals surface area (Å²) in [4.78, 5) is 14.2. The lowest BCUT2D eigenvalue weighted by atomic mass is 10.1. The number of hydrogen-bond acceptors (Lipinski definition) is 4. The van der Waals surface area contributed by atoms with Gasteiger partial charge >= 0.3 is 0 Å². The van der Waals surface area contributed by atoms with Crippen molar-refractivity contribution in [3.8, 4) is 11.5 Å². The lowest BCUT2D eigenvalue weighted by molar-refractivity contribution is -0.122. The Hall–Kier alpha value is -1.75. The quantitative estimate of drug-likeness (QED) is 0.784. The molecule has 0 aromatic heterocycles.